The molecule has 3 heterocycles. The quantitative estimate of drug-likeness (QED) is 0.683. The number of benzene rings is 1. The van der Waals surface area contributed by atoms with Crippen LogP contribution in [0.25, 0.3) is 11.5 Å². The number of pyridine rings is 1. The molecular formula is C19H17BrN4O3. The maximum absolute atomic E-state index is 12.5. The molecule has 0 spiro atoms. The van der Waals surface area contributed by atoms with E-state index < -0.39 is 0 Å². The second kappa shape index (κ2) is 7.89. The monoisotopic (exact) mass is 428 g/mol. The molecular weight excluding hydrogens is 412 g/mol. The molecule has 0 aliphatic carbocycles. The minimum atomic E-state index is -0.367. The molecule has 0 unspecified atom stereocenters. The summed E-state index contributed by atoms with van der Waals surface area (Å²) < 4.78 is 11.2. The van der Waals surface area contributed by atoms with Gasteiger partial charge in [0.1, 0.15) is 5.82 Å². The van der Waals surface area contributed by atoms with Gasteiger partial charge in [0, 0.05) is 18.7 Å². The number of rotatable bonds is 4. The molecule has 7 nitrogen and oxygen atoms in total. The molecule has 1 saturated heterocycles. The van der Waals surface area contributed by atoms with E-state index in [1.165, 1.54) is 0 Å². The van der Waals surface area contributed by atoms with Crippen molar-refractivity contribution in [1.82, 2.24) is 9.97 Å². The summed E-state index contributed by atoms with van der Waals surface area (Å²) in [5.41, 5.74) is 1.58. The minimum absolute atomic E-state index is 0.186. The number of aromatic nitrogens is 2. The zero-order chi connectivity index (χ0) is 18.6. The molecule has 3 aromatic rings. The highest BCUT2D eigenvalue weighted by atomic mass is 79.9. The van der Waals surface area contributed by atoms with Crippen molar-refractivity contribution in [3.63, 3.8) is 0 Å². The van der Waals surface area contributed by atoms with E-state index in [0.29, 0.717) is 24.8 Å². The Balaban J connectivity index is 1.47. The number of halogens is 1. The van der Waals surface area contributed by atoms with Crippen LogP contribution < -0.4 is 10.2 Å². The van der Waals surface area contributed by atoms with Crippen molar-refractivity contribution < 1.29 is 13.9 Å². The molecule has 2 aromatic heterocycles. The van der Waals surface area contributed by atoms with E-state index in [0.717, 1.165) is 24.5 Å². The van der Waals surface area contributed by atoms with E-state index in [1.807, 2.05) is 42.5 Å². The zero-order valence-electron chi connectivity index (χ0n) is 14.4. The Hall–Kier alpha value is -2.71. The lowest BCUT2D eigenvalue weighted by Crippen LogP contribution is -2.36. The van der Waals surface area contributed by atoms with Gasteiger partial charge in [-0.15, -0.1) is 0 Å². The molecule has 0 saturated carbocycles. The number of morpholine rings is 1. The molecule has 1 aromatic carbocycles. The fraction of sp³-hybridized carbons (Fsp3) is 0.211. The van der Waals surface area contributed by atoms with Crippen LogP contribution in [0.2, 0.25) is 0 Å². The molecule has 27 heavy (non-hydrogen) atoms. The number of carbonyl (C=O) groups excluding carboxylic acids is 1. The smallest absolute Gasteiger partial charge is 0.278 e. The van der Waals surface area contributed by atoms with Gasteiger partial charge < -0.3 is 19.4 Å². The van der Waals surface area contributed by atoms with Crippen LogP contribution in [-0.2, 0) is 4.74 Å². The van der Waals surface area contributed by atoms with E-state index in [1.54, 1.807) is 6.20 Å². The van der Waals surface area contributed by atoms with Crippen LogP contribution in [-0.4, -0.2) is 42.2 Å². The SMILES string of the molecule is O=C(Nc1ccc(N2CCOCC2)nc1)c1nc(-c2ccccc2)oc1Br. The van der Waals surface area contributed by atoms with Crippen LogP contribution in [0, 0.1) is 0 Å². The Morgan fingerprint density at radius 1 is 1.11 bits per heavy atom. The van der Waals surface area contributed by atoms with Crippen molar-refractivity contribution in [2.45, 2.75) is 0 Å². The minimum Gasteiger partial charge on any atom is -0.428 e. The van der Waals surface area contributed by atoms with E-state index in [-0.39, 0.29) is 16.3 Å². The van der Waals surface area contributed by atoms with Crippen LogP contribution in [0.4, 0.5) is 11.5 Å². The summed E-state index contributed by atoms with van der Waals surface area (Å²) >= 11 is 3.27. The highest BCUT2D eigenvalue weighted by molar-refractivity contribution is 9.10. The Morgan fingerprint density at radius 3 is 2.59 bits per heavy atom. The summed E-state index contributed by atoms with van der Waals surface area (Å²) in [6.45, 7) is 3.02. The van der Waals surface area contributed by atoms with E-state index in [9.17, 15) is 4.79 Å². The van der Waals surface area contributed by atoms with E-state index >= 15 is 0 Å². The van der Waals surface area contributed by atoms with Crippen molar-refractivity contribution in [1.29, 1.82) is 0 Å². The second-order valence-electron chi connectivity index (χ2n) is 5.97. The molecule has 4 rings (SSSR count). The molecule has 1 aliphatic rings. The van der Waals surface area contributed by atoms with Gasteiger partial charge in [0.05, 0.1) is 25.1 Å². The summed E-state index contributed by atoms with van der Waals surface area (Å²) in [4.78, 5) is 23.4. The average Bonchev–Trinajstić information content (AvgIpc) is 3.12. The molecule has 8 heteroatoms. The number of amides is 1. The van der Waals surface area contributed by atoms with Gasteiger partial charge >= 0.3 is 0 Å². The predicted molar refractivity (Wildman–Crippen MR) is 105 cm³/mol. The van der Waals surface area contributed by atoms with Gasteiger partial charge in [-0.1, -0.05) is 18.2 Å². The van der Waals surface area contributed by atoms with Crippen LogP contribution in [0.5, 0.6) is 0 Å². The van der Waals surface area contributed by atoms with Crippen molar-refractivity contribution in [2.75, 3.05) is 36.5 Å². The van der Waals surface area contributed by atoms with Crippen molar-refractivity contribution in [3.8, 4) is 11.5 Å². The van der Waals surface area contributed by atoms with Crippen LogP contribution in [0.1, 0.15) is 10.5 Å². The number of nitrogens with zero attached hydrogens (tertiary/aromatic N) is 3. The van der Waals surface area contributed by atoms with Crippen molar-refractivity contribution in [3.05, 3.63) is 59.0 Å². The van der Waals surface area contributed by atoms with Crippen LogP contribution in [0.15, 0.2) is 57.7 Å². The average molecular weight is 429 g/mol. The van der Waals surface area contributed by atoms with Gasteiger partial charge in [0.25, 0.3) is 5.91 Å². The Labute approximate surface area is 164 Å². The van der Waals surface area contributed by atoms with Crippen LogP contribution in [0.3, 0.4) is 0 Å². The van der Waals surface area contributed by atoms with Gasteiger partial charge in [-0.25, -0.2) is 9.97 Å². The first kappa shape index (κ1) is 17.7. The van der Waals surface area contributed by atoms with Gasteiger partial charge in [0.15, 0.2) is 5.69 Å². The summed E-state index contributed by atoms with van der Waals surface area (Å²) in [6, 6.07) is 13.1. The largest absolute Gasteiger partial charge is 0.428 e. The van der Waals surface area contributed by atoms with Gasteiger partial charge in [-0.05, 0) is 40.2 Å². The standard InChI is InChI=1S/C19H17BrN4O3/c20-17-16(23-19(27-17)13-4-2-1-3-5-13)18(25)22-14-6-7-15(21-12-14)24-8-10-26-11-9-24/h1-7,12H,8-11H2,(H,22,25). The number of anilines is 2. The first-order chi connectivity index (χ1) is 13.2. The summed E-state index contributed by atoms with van der Waals surface area (Å²) in [5, 5.41) is 2.80. The van der Waals surface area contributed by atoms with E-state index in [4.69, 9.17) is 9.15 Å². The number of carbonyl (C=O) groups is 1. The number of nitrogens with one attached hydrogen (secondary N) is 1. The first-order valence-electron chi connectivity index (χ1n) is 8.52. The van der Waals surface area contributed by atoms with Gasteiger partial charge in [-0.3, -0.25) is 4.79 Å². The molecule has 1 aliphatic heterocycles. The predicted octanol–water partition coefficient (Wildman–Crippen LogP) is 3.59. The third-order valence-electron chi connectivity index (χ3n) is 4.16. The highest BCUT2D eigenvalue weighted by Gasteiger charge is 2.20. The lowest BCUT2D eigenvalue weighted by molar-refractivity contribution is 0.102. The first-order valence-corrected chi connectivity index (χ1v) is 9.32. The maximum Gasteiger partial charge on any atom is 0.278 e. The van der Waals surface area contributed by atoms with Crippen molar-refractivity contribution >= 4 is 33.3 Å². The topological polar surface area (TPSA) is 80.5 Å². The lowest BCUT2D eigenvalue weighted by atomic mass is 10.2. The lowest BCUT2D eigenvalue weighted by Gasteiger charge is -2.27. The van der Waals surface area contributed by atoms with Crippen molar-refractivity contribution in [2.24, 2.45) is 0 Å². The van der Waals surface area contributed by atoms with E-state index in [2.05, 4.69) is 36.1 Å². The summed E-state index contributed by atoms with van der Waals surface area (Å²) in [7, 11) is 0. The third-order valence-corrected chi connectivity index (χ3v) is 4.70. The van der Waals surface area contributed by atoms with Gasteiger partial charge in [-0.2, -0.15) is 0 Å². The Bertz CT molecular complexity index is 922. The number of ether oxygens (including phenoxy) is 1. The Morgan fingerprint density at radius 2 is 1.89 bits per heavy atom. The second-order valence-corrected chi connectivity index (χ2v) is 6.69. The highest BCUT2D eigenvalue weighted by Crippen LogP contribution is 2.26. The molecule has 1 amide bonds. The number of hydrogen-bond acceptors (Lipinski definition) is 6. The number of oxazole rings is 1. The third kappa shape index (κ3) is 4.01. The fourth-order valence-corrected chi connectivity index (χ4v) is 3.20. The molecule has 1 fully saturated rings. The molecule has 1 N–H and O–H groups in total. The summed E-state index contributed by atoms with van der Waals surface area (Å²) in [6.07, 6.45) is 1.63. The summed E-state index contributed by atoms with van der Waals surface area (Å²) in [5.74, 6) is 0.882. The van der Waals surface area contributed by atoms with Gasteiger partial charge in [0.2, 0.25) is 10.6 Å². The molecule has 0 radical (unpaired) electrons. The Kier molecular flexibility index (Phi) is 5.17. The maximum atomic E-state index is 12.5. The van der Waals surface area contributed by atoms with Crippen LogP contribution >= 0.6 is 15.9 Å². The molecule has 0 atom stereocenters. The molecule has 0 bridgehead atoms. The molecule has 138 valence electrons. The zero-order valence-corrected chi connectivity index (χ0v) is 16.0. The normalized spacial score (nSPS) is 14.2. The number of hydrogen-bond donors (Lipinski definition) is 1. The fourth-order valence-electron chi connectivity index (χ4n) is 2.78.